The summed E-state index contributed by atoms with van der Waals surface area (Å²) in [6.45, 7) is 4.10. The van der Waals surface area contributed by atoms with Gasteiger partial charge in [0, 0.05) is 16.6 Å². The largest absolute Gasteiger partial charge is 0.463 e. The van der Waals surface area contributed by atoms with E-state index in [9.17, 15) is 4.79 Å². The van der Waals surface area contributed by atoms with Gasteiger partial charge in [-0.25, -0.2) is 10.1 Å². The lowest BCUT2D eigenvalue weighted by Gasteiger charge is -1.98. The van der Waals surface area contributed by atoms with Crippen molar-refractivity contribution in [1.29, 1.82) is 0 Å². The number of carbonyl (C=O) groups is 1. The number of aromatic nitrogens is 2. The van der Waals surface area contributed by atoms with Crippen LogP contribution in [0.3, 0.4) is 0 Å². The molecule has 0 aliphatic carbocycles. The first-order chi connectivity index (χ1) is 14.2. The number of benzene rings is 1. The topological polar surface area (TPSA) is 72.4 Å². The number of hydrogen-bond donors (Lipinski definition) is 1. The molecule has 1 amide bonds. The molecular formula is C22H20N4O2S. The molecule has 1 N–H and O–H groups in total. The Hall–Kier alpha value is -3.45. The maximum Gasteiger partial charge on any atom is 0.281 e. The number of hydrogen-bond acceptors (Lipinski definition) is 5. The number of carbonyl (C=O) groups excluding carboxylic acids is 1. The minimum Gasteiger partial charge on any atom is -0.463 e. The number of thiophene rings is 1. The summed E-state index contributed by atoms with van der Waals surface area (Å²) in [5, 5.41) is 8.77. The van der Waals surface area contributed by atoms with E-state index >= 15 is 0 Å². The van der Waals surface area contributed by atoms with Crippen LogP contribution in [0.25, 0.3) is 17.1 Å². The van der Waals surface area contributed by atoms with E-state index in [2.05, 4.69) is 22.5 Å². The Morgan fingerprint density at radius 1 is 1.28 bits per heavy atom. The number of nitrogens with one attached hydrogen (secondary N) is 1. The molecule has 4 aromatic rings. The molecule has 146 valence electrons. The fraction of sp³-hybridized carbons (Fsp3) is 0.136. The summed E-state index contributed by atoms with van der Waals surface area (Å²) in [4.78, 5) is 14.3. The molecule has 0 fully saturated rings. The summed E-state index contributed by atoms with van der Waals surface area (Å²) in [5.41, 5.74) is 6.05. The van der Waals surface area contributed by atoms with Crippen LogP contribution in [0.4, 0.5) is 0 Å². The highest BCUT2D eigenvalue weighted by Gasteiger charge is 2.14. The molecule has 3 aromatic heterocycles. The average Bonchev–Trinajstić information content (AvgIpc) is 3.48. The quantitative estimate of drug-likeness (QED) is 0.370. The van der Waals surface area contributed by atoms with Gasteiger partial charge in [-0.1, -0.05) is 25.1 Å². The standard InChI is InChI=1S/C22H20N4O2S/c1-3-19-15(2)12-20(29-19)22(27)24-23-13-16-14-26(17-8-5-4-6-9-17)25-21(16)18-10-7-11-28-18/h4-14H,3H2,1-2H3,(H,24,27)/b23-13-. The molecule has 7 heteroatoms. The smallest absolute Gasteiger partial charge is 0.281 e. The first kappa shape index (κ1) is 18.9. The van der Waals surface area contributed by atoms with Crippen LogP contribution in [-0.4, -0.2) is 21.9 Å². The monoisotopic (exact) mass is 404 g/mol. The van der Waals surface area contributed by atoms with Gasteiger partial charge in [-0.05, 0) is 49.2 Å². The summed E-state index contributed by atoms with van der Waals surface area (Å²) in [5.74, 6) is 0.415. The molecule has 0 saturated heterocycles. The third-order valence-corrected chi connectivity index (χ3v) is 5.83. The van der Waals surface area contributed by atoms with Gasteiger partial charge in [-0.3, -0.25) is 4.79 Å². The minimum absolute atomic E-state index is 0.218. The van der Waals surface area contributed by atoms with Crippen LogP contribution in [0.2, 0.25) is 0 Å². The molecule has 0 aliphatic heterocycles. The van der Waals surface area contributed by atoms with Crippen molar-refractivity contribution in [2.75, 3.05) is 0 Å². The third kappa shape index (κ3) is 4.05. The molecule has 0 saturated carbocycles. The number of nitrogens with zero attached hydrogens (tertiary/aromatic N) is 3. The Morgan fingerprint density at radius 2 is 2.10 bits per heavy atom. The second-order valence-corrected chi connectivity index (χ2v) is 7.60. The Bertz CT molecular complexity index is 1140. The molecule has 1 aromatic carbocycles. The molecule has 0 radical (unpaired) electrons. The van der Waals surface area contributed by atoms with E-state index in [1.54, 1.807) is 17.2 Å². The van der Waals surface area contributed by atoms with Gasteiger partial charge in [0.05, 0.1) is 23.0 Å². The molecule has 0 spiro atoms. The number of rotatable bonds is 6. The SMILES string of the molecule is CCc1sc(C(=O)N/N=C\c2cn(-c3ccccc3)nc2-c2ccco2)cc1C. The van der Waals surface area contributed by atoms with Gasteiger partial charge in [0.1, 0.15) is 5.69 Å². The zero-order valence-electron chi connectivity index (χ0n) is 16.1. The summed E-state index contributed by atoms with van der Waals surface area (Å²) in [7, 11) is 0. The van der Waals surface area contributed by atoms with Crippen molar-refractivity contribution >= 4 is 23.5 Å². The Kier molecular flexibility index (Phi) is 5.39. The lowest BCUT2D eigenvalue weighted by atomic mass is 10.2. The molecule has 29 heavy (non-hydrogen) atoms. The Morgan fingerprint density at radius 3 is 2.79 bits per heavy atom. The Labute approximate surface area is 172 Å². The summed E-state index contributed by atoms with van der Waals surface area (Å²) in [6, 6.07) is 15.3. The van der Waals surface area contributed by atoms with E-state index < -0.39 is 0 Å². The highest BCUT2D eigenvalue weighted by molar-refractivity contribution is 7.14. The van der Waals surface area contributed by atoms with Gasteiger partial charge >= 0.3 is 0 Å². The van der Waals surface area contributed by atoms with Crippen molar-refractivity contribution in [3.63, 3.8) is 0 Å². The molecule has 0 unspecified atom stereocenters. The van der Waals surface area contributed by atoms with Crippen LogP contribution in [0, 0.1) is 6.92 Å². The van der Waals surface area contributed by atoms with Gasteiger partial charge in [-0.15, -0.1) is 11.3 Å². The molecule has 4 rings (SSSR count). The van der Waals surface area contributed by atoms with Gasteiger partial charge in [0.2, 0.25) is 0 Å². The van der Waals surface area contributed by atoms with Crippen molar-refractivity contribution in [2.45, 2.75) is 20.3 Å². The van der Waals surface area contributed by atoms with Crippen molar-refractivity contribution in [1.82, 2.24) is 15.2 Å². The Balaban J connectivity index is 1.58. The normalized spacial score (nSPS) is 11.2. The lowest BCUT2D eigenvalue weighted by molar-refractivity contribution is 0.0959. The van der Waals surface area contributed by atoms with Crippen molar-refractivity contribution < 1.29 is 9.21 Å². The predicted octanol–water partition coefficient (Wildman–Crippen LogP) is 4.83. The molecular weight excluding hydrogens is 384 g/mol. The number of hydrazone groups is 1. The number of furan rings is 1. The summed E-state index contributed by atoms with van der Waals surface area (Å²) in [6.07, 6.45) is 5.96. The fourth-order valence-corrected chi connectivity index (χ4v) is 4.00. The second-order valence-electron chi connectivity index (χ2n) is 6.46. The van der Waals surface area contributed by atoms with Crippen LogP contribution < -0.4 is 5.43 Å². The highest BCUT2D eigenvalue weighted by atomic mass is 32.1. The van der Waals surface area contributed by atoms with Crippen LogP contribution in [0.5, 0.6) is 0 Å². The molecule has 6 nitrogen and oxygen atoms in total. The highest BCUT2D eigenvalue weighted by Crippen LogP contribution is 2.24. The van der Waals surface area contributed by atoms with E-state index in [-0.39, 0.29) is 5.91 Å². The van der Waals surface area contributed by atoms with E-state index in [4.69, 9.17) is 4.42 Å². The van der Waals surface area contributed by atoms with E-state index in [1.165, 1.54) is 16.2 Å². The van der Waals surface area contributed by atoms with Crippen LogP contribution in [-0.2, 0) is 6.42 Å². The zero-order chi connectivity index (χ0) is 20.2. The minimum atomic E-state index is -0.218. The zero-order valence-corrected chi connectivity index (χ0v) is 16.9. The van der Waals surface area contributed by atoms with Crippen LogP contribution in [0.1, 0.15) is 32.6 Å². The maximum atomic E-state index is 12.4. The second kappa shape index (κ2) is 8.28. The first-order valence-corrected chi connectivity index (χ1v) is 10.1. The van der Waals surface area contributed by atoms with Gasteiger partial charge in [0.15, 0.2) is 5.76 Å². The molecule has 0 aliphatic rings. The van der Waals surface area contributed by atoms with Crippen molar-refractivity contribution in [3.05, 3.63) is 81.9 Å². The van der Waals surface area contributed by atoms with Gasteiger partial charge < -0.3 is 4.42 Å². The summed E-state index contributed by atoms with van der Waals surface area (Å²) < 4.78 is 7.27. The van der Waals surface area contributed by atoms with Crippen molar-refractivity contribution in [2.24, 2.45) is 5.10 Å². The number of aryl methyl sites for hydroxylation is 2. The van der Waals surface area contributed by atoms with E-state index in [1.807, 2.05) is 61.7 Å². The molecule has 0 bridgehead atoms. The molecule has 0 atom stereocenters. The van der Waals surface area contributed by atoms with E-state index in [0.29, 0.717) is 16.3 Å². The third-order valence-electron chi connectivity index (χ3n) is 4.45. The predicted molar refractivity (Wildman–Crippen MR) is 115 cm³/mol. The van der Waals surface area contributed by atoms with Gasteiger partial charge in [0.25, 0.3) is 5.91 Å². The maximum absolute atomic E-state index is 12.4. The van der Waals surface area contributed by atoms with Crippen LogP contribution >= 0.6 is 11.3 Å². The fourth-order valence-electron chi connectivity index (χ4n) is 3.00. The van der Waals surface area contributed by atoms with E-state index in [0.717, 1.165) is 23.2 Å². The molecule has 3 heterocycles. The lowest BCUT2D eigenvalue weighted by Crippen LogP contribution is -2.16. The van der Waals surface area contributed by atoms with Crippen molar-refractivity contribution in [3.8, 4) is 17.1 Å². The average molecular weight is 404 g/mol. The number of para-hydroxylation sites is 1. The van der Waals surface area contributed by atoms with Gasteiger partial charge in [-0.2, -0.15) is 10.2 Å². The van der Waals surface area contributed by atoms with Crippen LogP contribution in [0.15, 0.2) is 70.5 Å². The number of amides is 1. The first-order valence-electron chi connectivity index (χ1n) is 9.27. The summed E-state index contributed by atoms with van der Waals surface area (Å²) >= 11 is 1.50.